The molecule has 0 atom stereocenters. The summed E-state index contributed by atoms with van der Waals surface area (Å²) in [6, 6.07) is 11.5. The van der Waals surface area contributed by atoms with Gasteiger partial charge in [0.2, 0.25) is 5.28 Å². The quantitative estimate of drug-likeness (QED) is 0.500. The van der Waals surface area contributed by atoms with Gasteiger partial charge in [0, 0.05) is 12.4 Å². The van der Waals surface area contributed by atoms with E-state index in [0.717, 1.165) is 10.9 Å². The first kappa shape index (κ1) is 18.0. The summed E-state index contributed by atoms with van der Waals surface area (Å²) >= 11 is 6.15. The molecular formula is C20H16ClN5O2. The number of imidazole rings is 1. The fraction of sp³-hybridized carbons (Fsp3) is 0.200. The van der Waals surface area contributed by atoms with Crippen molar-refractivity contribution in [3.05, 3.63) is 68.1 Å². The molecule has 0 amide bonds. The zero-order valence-corrected chi connectivity index (χ0v) is 16.1. The first-order valence-electron chi connectivity index (χ1n) is 8.61. The van der Waals surface area contributed by atoms with Crippen molar-refractivity contribution < 1.29 is 0 Å². The molecule has 0 fully saturated rings. The van der Waals surface area contributed by atoms with Crippen molar-refractivity contribution >= 4 is 33.5 Å². The summed E-state index contributed by atoms with van der Waals surface area (Å²) in [5.74, 6) is 5.61. The van der Waals surface area contributed by atoms with E-state index >= 15 is 0 Å². The molecule has 0 bridgehead atoms. The number of fused-ring (bicyclic) bond motifs is 2. The molecule has 7 nitrogen and oxygen atoms in total. The smallest absolute Gasteiger partial charge is 0.293 e. The summed E-state index contributed by atoms with van der Waals surface area (Å²) < 4.78 is 4.05. The van der Waals surface area contributed by atoms with Gasteiger partial charge in [-0.1, -0.05) is 30.2 Å². The molecule has 0 aliphatic heterocycles. The number of aromatic nitrogens is 5. The average molecular weight is 394 g/mol. The van der Waals surface area contributed by atoms with Crippen molar-refractivity contribution in [3.63, 3.8) is 0 Å². The zero-order valence-electron chi connectivity index (χ0n) is 15.3. The summed E-state index contributed by atoms with van der Waals surface area (Å²) in [5.41, 5.74) is 0.908. The Labute approximate surface area is 164 Å². The largest absolute Gasteiger partial charge is 0.298 e. The van der Waals surface area contributed by atoms with E-state index in [1.807, 2.05) is 36.4 Å². The minimum absolute atomic E-state index is 0.0399. The molecule has 0 saturated carbocycles. The molecule has 0 saturated heterocycles. The van der Waals surface area contributed by atoms with Crippen molar-refractivity contribution in [1.82, 2.24) is 23.9 Å². The van der Waals surface area contributed by atoms with Crippen molar-refractivity contribution in [2.75, 3.05) is 0 Å². The van der Waals surface area contributed by atoms with Gasteiger partial charge in [0.1, 0.15) is 5.52 Å². The molecule has 0 N–H and O–H groups in total. The molecule has 3 aromatic heterocycles. The maximum absolute atomic E-state index is 13.2. The average Bonchev–Trinajstić information content (AvgIpc) is 3.04. The molecule has 4 aromatic rings. The van der Waals surface area contributed by atoms with Crippen molar-refractivity contribution in [3.8, 4) is 11.8 Å². The van der Waals surface area contributed by atoms with Crippen LogP contribution in [0, 0.1) is 11.8 Å². The highest BCUT2D eigenvalue weighted by Gasteiger charge is 2.19. The Morgan fingerprint density at radius 1 is 1.07 bits per heavy atom. The number of para-hydroxylation sites is 1. The SMILES string of the molecule is CC#CCn1c(Cl)nc2c(=O)n(C)n(Cc3ccc4ccccc4n3)c(=O)c21. The second-order valence-electron chi connectivity index (χ2n) is 6.28. The Morgan fingerprint density at radius 3 is 2.64 bits per heavy atom. The van der Waals surface area contributed by atoms with Crippen LogP contribution in [0.15, 0.2) is 46.0 Å². The molecule has 4 rings (SSSR count). The van der Waals surface area contributed by atoms with Crippen LogP contribution in [0.5, 0.6) is 0 Å². The van der Waals surface area contributed by atoms with E-state index < -0.39 is 5.56 Å². The molecule has 1 aromatic carbocycles. The molecule has 3 heterocycles. The third kappa shape index (κ3) is 2.88. The van der Waals surface area contributed by atoms with Gasteiger partial charge in [0.15, 0.2) is 5.52 Å². The summed E-state index contributed by atoms with van der Waals surface area (Å²) in [6.45, 7) is 2.02. The predicted molar refractivity (Wildman–Crippen MR) is 109 cm³/mol. The van der Waals surface area contributed by atoms with Crippen LogP contribution in [0.4, 0.5) is 0 Å². The van der Waals surface area contributed by atoms with Crippen LogP contribution in [0.25, 0.3) is 21.9 Å². The van der Waals surface area contributed by atoms with Crippen LogP contribution in [0.3, 0.4) is 0 Å². The molecule has 140 valence electrons. The molecule has 0 aliphatic rings. The lowest BCUT2D eigenvalue weighted by Crippen LogP contribution is -2.38. The minimum atomic E-state index is -0.402. The Balaban J connectivity index is 1.91. The van der Waals surface area contributed by atoms with Crippen LogP contribution in [0.1, 0.15) is 12.6 Å². The van der Waals surface area contributed by atoms with E-state index in [2.05, 4.69) is 21.8 Å². The van der Waals surface area contributed by atoms with Gasteiger partial charge in [-0.15, -0.1) is 5.92 Å². The first-order chi connectivity index (χ1) is 13.5. The number of hydrogen-bond donors (Lipinski definition) is 0. The van der Waals surface area contributed by atoms with Gasteiger partial charge in [-0.3, -0.25) is 19.1 Å². The van der Waals surface area contributed by atoms with Crippen LogP contribution in [-0.2, 0) is 20.1 Å². The highest BCUT2D eigenvalue weighted by molar-refractivity contribution is 6.29. The Bertz CT molecular complexity index is 1400. The van der Waals surface area contributed by atoms with Gasteiger partial charge in [-0.25, -0.2) is 14.3 Å². The lowest BCUT2D eigenvalue weighted by Gasteiger charge is -2.12. The summed E-state index contributed by atoms with van der Waals surface area (Å²) in [4.78, 5) is 34.6. The molecule has 0 radical (unpaired) electrons. The number of benzene rings is 1. The van der Waals surface area contributed by atoms with Crippen molar-refractivity contribution in [1.29, 1.82) is 0 Å². The number of pyridine rings is 1. The summed E-state index contributed by atoms with van der Waals surface area (Å²) in [5, 5.41) is 1.07. The maximum Gasteiger partial charge on any atom is 0.293 e. The highest BCUT2D eigenvalue weighted by Crippen LogP contribution is 2.15. The molecule has 0 spiro atoms. The second-order valence-corrected chi connectivity index (χ2v) is 6.62. The maximum atomic E-state index is 13.2. The fourth-order valence-electron chi connectivity index (χ4n) is 3.14. The van der Waals surface area contributed by atoms with Crippen LogP contribution in [-0.4, -0.2) is 23.9 Å². The minimum Gasteiger partial charge on any atom is -0.298 e. The molecule has 0 aliphatic carbocycles. The van der Waals surface area contributed by atoms with Gasteiger partial charge in [-0.2, -0.15) is 0 Å². The van der Waals surface area contributed by atoms with Gasteiger partial charge in [-0.05, 0) is 30.7 Å². The van der Waals surface area contributed by atoms with Gasteiger partial charge in [0.05, 0.1) is 24.3 Å². The lowest BCUT2D eigenvalue weighted by molar-refractivity contribution is 0.497. The highest BCUT2D eigenvalue weighted by atomic mass is 35.5. The fourth-order valence-corrected chi connectivity index (χ4v) is 3.37. The third-order valence-corrected chi connectivity index (χ3v) is 4.89. The molecule has 28 heavy (non-hydrogen) atoms. The molecule has 0 unspecified atom stereocenters. The van der Waals surface area contributed by atoms with E-state index in [-0.39, 0.29) is 35.0 Å². The second kappa shape index (κ2) is 6.98. The Hall–Kier alpha value is -3.37. The lowest BCUT2D eigenvalue weighted by atomic mass is 10.2. The zero-order chi connectivity index (χ0) is 19.8. The van der Waals surface area contributed by atoms with E-state index in [1.54, 1.807) is 6.92 Å². The van der Waals surface area contributed by atoms with E-state index in [0.29, 0.717) is 5.69 Å². The number of nitrogens with zero attached hydrogens (tertiary/aromatic N) is 5. The third-order valence-electron chi connectivity index (χ3n) is 4.60. The number of rotatable bonds is 3. The molecule has 8 heteroatoms. The predicted octanol–water partition coefficient (Wildman–Crippen LogP) is 2.17. The van der Waals surface area contributed by atoms with Crippen molar-refractivity contribution in [2.45, 2.75) is 20.0 Å². The monoisotopic (exact) mass is 393 g/mol. The first-order valence-corrected chi connectivity index (χ1v) is 8.99. The van der Waals surface area contributed by atoms with Crippen LogP contribution >= 0.6 is 11.6 Å². The Morgan fingerprint density at radius 2 is 1.86 bits per heavy atom. The normalized spacial score (nSPS) is 11.0. The number of hydrogen-bond acceptors (Lipinski definition) is 4. The van der Waals surface area contributed by atoms with Crippen molar-refractivity contribution in [2.24, 2.45) is 7.05 Å². The van der Waals surface area contributed by atoms with E-state index in [9.17, 15) is 9.59 Å². The standard InChI is InChI=1S/C20H16ClN5O2/c1-3-4-11-25-17-16(23-20(25)21)18(27)24(2)26(19(17)28)12-14-10-9-13-7-5-6-8-15(13)22-14/h5-10H,11-12H2,1-2H3. The summed E-state index contributed by atoms with van der Waals surface area (Å²) in [7, 11) is 1.53. The van der Waals surface area contributed by atoms with Gasteiger partial charge >= 0.3 is 0 Å². The van der Waals surface area contributed by atoms with E-state index in [1.165, 1.54) is 21.0 Å². The summed E-state index contributed by atoms with van der Waals surface area (Å²) in [6.07, 6.45) is 0. The van der Waals surface area contributed by atoms with Crippen LogP contribution in [0.2, 0.25) is 5.28 Å². The van der Waals surface area contributed by atoms with Gasteiger partial charge in [0.25, 0.3) is 11.1 Å². The topological polar surface area (TPSA) is 74.7 Å². The molecular weight excluding hydrogens is 378 g/mol. The van der Waals surface area contributed by atoms with Crippen LogP contribution < -0.4 is 11.1 Å². The van der Waals surface area contributed by atoms with E-state index in [4.69, 9.17) is 11.6 Å². The number of halogens is 1. The van der Waals surface area contributed by atoms with Gasteiger partial charge < -0.3 is 0 Å². The Kier molecular flexibility index (Phi) is 4.49.